The average molecular weight is 297 g/mol. The van der Waals surface area contributed by atoms with E-state index in [-0.39, 0.29) is 17.3 Å². The fraction of sp³-hybridized carbons (Fsp3) is 0.400. The maximum atomic E-state index is 13.7. The lowest BCUT2D eigenvalue weighted by molar-refractivity contribution is 0.213. The molecular formula is C10H14ClFN2O3S. The first-order valence-corrected chi connectivity index (χ1v) is 6.87. The lowest BCUT2D eigenvalue weighted by atomic mass is 10.3. The minimum Gasteiger partial charge on any atom is -0.399 e. The quantitative estimate of drug-likeness (QED) is 0.814. The van der Waals surface area contributed by atoms with E-state index in [2.05, 4.69) is 0 Å². The smallest absolute Gasteiger partial charge is 0.246 e. The Morgan fingerprint density at radius 3 is 2.61 bits per heavy atom. The van der Waals surface area contributed by atoms with E-state index in [9.17, 15) is 12.8 Å². The summed E-state index contributed by atoms with van der Waals surface area (Å²) in [5.41, 5.74) is 5.50. The summed E-state index contributed by atoms with van der Waals surface area (Å²) >= 11 is 5.56. The zero-order valence-corrected chi connectivity index (χ0v) is 11.5. The van der Waals surface area contributed by atoms with Crippen LogP contribution in [0.15, 0.2) is 17.0 Å². The molecule has 0 saturated heterocycles. The number of aliphatic hydroxyl groups is 1. The number of likely N-dealkylation sites (N-methyl/N-ethyl adjacent to an activating group) is 1. The second kappa shape index (κ2) is 5.40. The van der Waals surface area contributed by atoms with Gasteiger partial charge in [-0.05, 0) is 19.1 Å². The molecular weight excluding hydrogens is 283 g/mol. The summed E-state index contributed by atoms with van der Waals surface area (Å²) in [4.78, 5) is -0.602. The van der Waals surface area contributed by atoms with Gasteiger partial charge in [0.2, 0.25) is 10.0 Å². The summed E-state index contributed by atoms with van der Waals surface area (Å²) < 4.78 is 38.8. The number of hydrogen-bond donors (Lipinski definition) is 2. The monoisotopic (exact) mass is 296 g/mol. The minimum atomic E-state index is -4.09. The van der Waals surface area contributed by atoms with Crippen molar-refractivity contribution in [3.63, 3.8) is 0 Å². The van der Waals surface area contributed by atoms with Crippen LogP contribution in [0, 0.1) is 5.82 Å². The lowest BCUT2D eigenvalue weighted by Crippen LogP contribution is -2.37. The fourth-order valence-electron chi connectivity index (χ4n) is 1.28. The third-order valence-corrected chi connectivity index (χ3v) is 4.81. The van der Waals surface area contributed by atoms with Crippen molar-refractivity contribution in [2.45, 2.75) is 17.9 Å². The molecule has 0 amide bonds. The van der Waals surface area contributed by atoms with Crippen LogP contribution in [-0.4, -0.2) is 37.5 Å². The molecule has 102 valence electrons. The molecule has 1 aromatic rings. The molecule has 0 spiro atoms. The van der Waals surface area contributed by atoms with E-state index in [0.29, 0.717) is 0 Å². The Morgan fingerprint density at radius 1 is 1.56 bits per heavy atom. The van der Waals surface area contributed by atoms with Crippen LogP contribution in [0.5, 0.6) is 0 Å². The van der Waals surface area contributed by atoms with E-state index in [1.807, 2.05) is 0 Å². The Bertz CT molecular complexity index is 550. The van der Waals surface area contributed by atoms with Crippen LogP contribution < -0.4 is 5.73 Å². The Balaban J connectivity index is 3.37. The van der Waals surface area contributed by atoms with Crippen LogP contribution in [0.3, 0.4) is 0 Å². The van der Waals surface area contributed by atoms with Crippen molar-refractivity contribution < 1.29 is 17.9 Å². The highest BCUT2D eigenvalue weighted by Crippen LogP contribution is 2.28. The number of sulfonamides is 1. The predicted octanol–water partition coefficient (Wildman–Crippen LogP) is 1.06. The Hall–Kier alpha value is -0.890. The van der Waals surface area contributed by atoms with Gasteiger partial charge < -0.3 is 10.8 Å². The number of anilines is 1. The number of nitrogens with zero attached hydrogens (tertiary/aromatic N) is 1. The van der Waals surface area contributed by atoms with Gasteiger partial charge in [-0.1, -0.05) is 11.6 Å². The topological polar surface area (TPSA) is 83.6 Å². The third kappa shape index (κ3) is 2.74. The molecule has 0 aliphatic heterocycles. The summed E-state index contributed by atoms with van der Waals surface area (Å²) in [6.45, 7) is 1.11. The summed E-state index contributed by atoms with van der Waals surface area (Å²) in [7, 11) is -2.85. The predicted molar refractivity (Wildman–Crippen MR) is 67.3 cm³/mol. The maximum absolute atomic E-state index is 13.7. The second-order valence-corrected chi connectivity index (χ2v) is 6.24. The van der Waals surface area contributed by atoms with Gasteiger partial charge in [-0.25, -0.2) is 12.8 Å². The number of aliphatic hydroxyl groups excluding tert-OH is 1. The normalized spacial score (nSPS) is 13.9. The lowest BCUT2D eigenvalue weighted by Gasteiger charge is -2.23. The molecule has 1 atom stereocenters. The molecule has 0 aliphatic rings. The van der Waals surface area contributed by atoms with Crippen molar-refractivity contribution in [2.75, 3.05) is 19.4 Å². The number of benzene rings is 1. The molecule has 5 nitrogen and oxygen atoms in total. The van der Waals surface area contributed by atoms with E-state index in [1.54, 1.807) is 0 Å². The van der Waals surface area contributed by atoms with E-state index in [1.165, 1.54) is 14.0 Å². The highest BCUT2D eigenvalue weighted by atomic mass is 35.5. The van der Waals surface area contributed by atoms with Crippen molar-refractivity contribution in [1.82, 2.24) is 4.31 Å². The van der Waals surface area contributed by atoms with Gasteiger partial charge in [0.05, 0.1) is 11.6 Å². The van der Waals surface area contributed by atoms with Crippen LogP contribution in [0.25, 0.3) is 0 Å². The number of rotatable bonds is 4. The van der Waals surface area contributed by atoms with Crippen LogP contribution in [0.2, 0.25) is 5.02 Å². The largest absolute Gasteiger partial charge is 0.399 e. The van der Waals surface area contributed by atoms with Crippen molar-refractivity contribution in [2.24, 2.45) is 0 Å². The maximum Gasteiger partial charge on any atom is 0.246 e. The standard InChI is InChI=1S/C10H14ClFN2O3S/c1-6(5-15)14(2)18(16,17)9-4-7(13)3-8(11)10(9)12/h3-4,6,15H,5,13H2,1-2H3. The number of nitrogen functional groups attached to an aromatic ring is 1. The Morgan fingerprint density at radius 2 is 2.11 bits per heavy atom. The molecule has 3 N–H and O–H groups in total. The summed E-state index contributed by atoms with van der Waals surface area (Å²) in [5.74, 6) is -1.05. The van der Waals surface area contributed by atoms with Crippen molar-refractivity contribution >= 4 is 27.3 Å². The fourth-order valence-corrected chi connectivity index (χ4v) is 3.03. The first-order valence-electron chi connectivity index (χ1n) is 5.05. The Kier molecular flexibility index (Phi) is 4.55. The average Bonchev–Trinajstić information content (AvgIpc) is 2.31. The highest BCUT2D eigenvalue weighted by Gasteiger charge is 2.29. The van der Waals surface area contributed by atoms with Gasteiger partial charge >= 0.3 is 0 Å². The number of nitrogens with two attached hydrogens (primary N) is 1. The van der Waals surface area contributed by atoms with Gasteiger partial charge in [-0.15, -0.1) is 0 Å². The van der Waals surface area contributed by atoms with E-state index < -0.39 is 26.8 Å². The molecule has 0 aliphatic carbocycles. The third-order valence-electron chi connectivity index (χ3n) is 2.56. The molecule has 1 aromatic carbocycles. The van der Waals surface area contributed by atoms with Crippen LogP contribution in [-0.2, 0) is 10.0 Å². The van der Waals surface area contributed by atoms with Crippen molar-refractivity contribution in [3.05, 3.63) is 23.0 Å². The van der Waals surface area contributed by atoms with Gasteiger partial charge in [-0.3, -0.25) is 0 Å². The molecule has 18 heavy (non-hydrogen) atoms. The van der Waals surface area contributed by atoms with Crippen LogP contribution >= 0.6 is 11.6 Å². The van der Waals surface area contributed by atoms with Gasteiger partial charge in [0.25, 0.3) is 0 Å². The Labute approximate surface area is 110 Å². The second-order valence-electron chi connectivity index (χ2n) is 3.87. The molecule has 0 aromatic heterocycles. The molecule has 0 fully saturated rings. The van der Waals surface area contributed by atoms with E-state index in [4.69, 9.17) is 22.4 Å². The molecule has 1 unspecified atom stereocenters. The van der Waals surface area contributed by atoms with E-state index in [0.717, 1.165) is 16.4 Å². The number of halogens is 2. The molecule has 0 radical (unpaired) electrons. The first-order chi connectivity index (χ1) is 8.21. The van der Waals surface area contributed by atoms with Crippen molar-refractivity contribution in [3.8, 4) is 0 Å². The SMILES string of the molecule is CC(CO)N(C)S(=O)(=O)c1cc(N)cc(Cl)c1F. The van der Waals surface area contributed by atoms with Crippen LogP contribution in [0.1, 0.15) is 6.92 Å². The molecule has 1 rings (SSSR count). The van der Waals surface area contributed by atoms with Crippen LogP contribution in [0.4, 0.5) is 10.1 Å². The zero-order valence-electron chi connectivity index (χ0n) is 9.89. The highest BCUT2D eigenvalue weighted by molar-refractivity contribution is 7.89. The molecule has 0 bridgehead atoms. The van der Waals surface area contributed by atoms with Gasteiger partial charge in [0.15, 0.2) is 5.82 Å². The van der Waals surface area contributed by atoms with Gasteiger partial charge in [-0.2, -0.15) is 4.31 Å². The zero-order chi connectivity index (χ0) is 14.1. The molecule has 8 heteroatoms. The molecule has 0 saturated carbocycles. The summed E-state index contributed by atoms with van der Waals surface area (Å²) in [6, 6.07) is 1.44. The van der Waals surface area contributed by atoms with E-state index >= 15 is 0 Å². The summed E-state index contributed by atoms with van der Waals surface area (Å²) in [6.07, 6.45) is 0. The first kappa shape index (κ1) is 15.2. The van der Waals surface area contributed by atoms with Gasteiger partial charge in [0, 0.05) is 18.8 Å². The van der Waals surface area contributed by atoms with Crippen molar-refractivity contribution in [1.29, 1.82) is 0 Å². The summed E-state index contributed by atoms with van der Waals surface area (Å²) in [5, 5.41) is 8.58. The molecule has 0 heterocycles. The minimum absolute atomic E-state index is 0.0463. The van der Waals surface area contributed by atoms with Gasteiger partial charge in [0.1, 0.15) is 4.90 Å². The number of hydrogen-bond acceptors (Lipinski definition) is 4.